The van der Waals surface area contributed by atoms with Gasteiger partial charge in [-0.25, -0.2) is 14.8 Å². The van der Waals surface area contributed by atoms with Crippen LogP contribution < -0.4 is 5.32 Å². The van der Waals surface area contributed by atoms with Crippen LogP contribution in [0.15, 0.2) is 12.4 Å². The van der Waals surface area contributed by atoms with E-state index in [2.05, 4.69) is 15.3 Å². The summed E-state index contributed by atoms with van der Waals surface area (Å²) in [4.78, 5) is 18.7. The van der Waals surface area contributed by atoms with Crippen molar-refractivity contribution in [2.24, 2.45) is 5.41 Å². The molecule has 0 unspecified atom stereocenters. The fraction of sp³-hybridized carbons (Fsp3) is 0.667. The minimum absolute atomic E-state index is 0.0347. The maximum Gasteiger partial charge on any atom is 0.356 e. The summed E-state index contributed by atoms with van der Waals surface area (Å²) in [5.74, 6) is -0.430. The van der Waals surface area contributed by atoms with Crippen molar-refractivity contribution in [3.63, 3.8) is 0 Å². The van der Waals surface area contributed by atoms with Crippen LogP contribution >= 0.6 is 0 Å². The van der Waals surface area contributed by atoms with E-state index in [1.165, 1.54) is 38.1 Å². The Morgan fingerprint density at radius 1 is 1.38 bits per heavy atom. The molecule has 1 fully saturated rings. The van der Waals surface area contributed by atoms with E-state index in [1.54, 1.807) is 0 Å². The number of aromatic carboxylic acids is 1. The summed E-state index contributed by atoms with van der Waals surface area (Å²) < 4.78 is 5.49. The normalized spacial score (nSPS) is 16.8. The van der Waals surface area contributed by atoms with Crippen LogP contribution in [0.25, 0.3) is 0 Å². The van der Waals surface area contributed by atoms with Gasteiger partial charge in [-0.1, -0.05) is 12.8 Å². The number of carboxylic acids is 1. The number of carbonyl (C=O) groups is 1. The Balaban J connectivity index is 1.90. The number of ether oxygens (including phenoxy) is 1. The second-order valence-electron chi connectivity index (χ2n) is 5.60. The molecular formula is C15H23N3O3. The van der Waals surface area contributed by atoms with Crippen LogP contribution in [0.4, 0.5) is 5.82 Å². The lowest BCUT2D eigenvalue weighted by Crippen LogP contribution is -2.28. The fourth-order valence-electron chi connectivity index (χ4n) is 2.88. The molecule has 1 aromatic heterocycles. The summed E-state index contributed by atoms with van der Waals surface area (Å²) >= 11 is 0. The van der Waals surface area contributed by atoms with Gasteiger partial charge in [0.15, 0.2) is 5.69 Å². The highest BCUT2D eigenvalue weighted by Gasteiger charge is 2.33. The first-order chi connectivity index (χ1) is 10.2. The van der Waals surface area contributed by atoms with Gasteiger partial charge in [-0.15, -0.1) is 0 Å². The Kier molecular flexibility index (Phi) is 5.50. The van der Waals surface area contributed by atoms with E-state index in [-0.39, 0.29) is 11.1 Å². The summed E-state index contributed by atoms with van der Waals surface area (Å²) in [5.41, 5.74) is 0.231. The molecule has 1 saturated carbocycles. The Morgan fingerprint density at radius 2 is 2.14 bits per heavy atom. The van der Waals surface area contributed by atoms with Crippen molar-refractivity contribution in [3.05, 3.63) is 18.1 Å². The molecule has 0 aromatic carbocycles. The molecule has 1 aliphatic carbocycles. The van der Waals surface area contributed by atoms with Crippen LogP contribution in [0, 0.1) is 5.41 Å². The number of nitrogens with one attached hydrogen (secondary N) is 1. The van der Waals surface area contributed by atoms with E-state index in [0.717, 1.165) is 26.2 Å². The summed E-state index contributed by atoms with van der Waals surface area (Å²) in [6, 6.07) is 0. The van der Waals surface area contributed by atoms with Gasteiger partial charge in [0.05, 0.1) is 12.4 Å². The Hall–Kier alpha value is -1.69. The predicted octanol–water partition coefficient (Wildman–Crippen LogP) is 2.57. The summed E-state index contributed by atoms with van der Waals surface area (Å²) in [6.07, 6.45) is 8.74. The highest BCUT2D eigenvalue weighted by Crippen LogP contribution is 2.41. The lowest BCUT2D eigenvalue weighted by molar-refractivity contribution is 0.0690. The first-order valence-corrected chi connectivity index (χ1v) is 7.52. The molecule has 21 heavy (non-hydrogen) atoms. The standard InChI is InChI=1S/C15H23N3O3/c1-2-21-8-7-15(5-3-4-6-15)11-18-13-10-16-12(9-17-13)14(19)20/h9-10H,2-8,11H2,1H3,(H,17,18)(H,19,20). The van der Waals surface area contributed by atoms with Crippen molar-refractivity contribution in [1.82, 2.24) is 9.97 Å². The van der Waals surface area contributed by atoms with Crippen LogP contribution in [-0.2, 0) is 4.74 Å². The molecule has 0 radical (unpaired) electrons. The largest absolute Gasteiger partial charge is 0.476 e. The minimum Gasteiger partial charge on any atom is -0.476 e. The molecule has 1 aromatic rings. The molecular weight excluding hydrogens is 270 g/mol. The van der Waals surface area contributed by atoms with Crippen molar-refractivity contribution in [2.45, 2.75) is 39.0 Å². The second kappa shape index (κ2) is 7.36. The lowest BCUT2D eigenvalue weighted by atomic mass is 9.83. The zero-order valence-electron chi connectivity index (χ0n) is 12.5. The van der Waals surface area contributed by atoms with E-state index < -0.39 is 5.97 Å². The van der Waals surface area contributed by atoms with Crippen molar-refractivity contribution < 1.29 is 14.6 Å². The second-order valence-corrected chi connectivity index (χ2v) is 5.60. The van der Waals surface area contributed by atoms with E-state index in [1.807, 2.05) is 6.92 Å². The zero-order chi connectivity index (χ0) is 15.1. The Labute approximate surface area is 124 Å². The molecule has 0 spiro atoms. The monoisotopic (exact) mass is 293 g/mol. The van der Waals surface area contributed by atoms with Gasteiger partial charge in [-0.3, -0.25) is 0 Å². The number of nitrogens with zero attached hydrogens (tertiary/aromatic N) is 2. The van der Waals surface area contributed by atoms with Gasteiger partial charge >= 0.3 is 5.97 Å². The first kappa shape index (κ1) is 15.7. The van der Waals surface area contributed by atoms with Crippen molar-refractivity contribution in [3.8, 4) is 0 Å². The van der Waals surface area contributed by atoms with Gasteiger partial charge in [0.1, 0.15) is 5.82 Å². The molecule has 0 amide bonds. The molecule has 6 nitrogen and oxygen atoms in total. The molecule has 0 bridgehead atoms. The van der Waals surface area contributed by atoms with Crippen LogP contribution in [0.5, 0.6) is 0 Å². The van der Waals surface area contributed by atoms with Crippen LogP contribution in [0.3, 0.4) is 0 Å². The van der Waals surface area contributed by atoms with Gasteiger partial charge in [0.25, 0.3) is 0 Å². The van der Waals surface area contributed by atoms with Crippen molar-refractivity contribution >= 4 is 11.8 Å². The summed E-state index contributed by atoms with van der Waals surface area (Å²) in [6.45, 7) is 4.40. The predicted molar refractivity (Wildman–Crippen MR) is 79.5 cm³/mol. The number of hydrogen-bond acceptors (Lipinski definition) is 5. The lowest BCUT2D eigenvalue weighted by Gasteiger charge is -2.29. The molecule has 1 heterocycles. The highest BCUT2D eigenvalue weighted by molar-refractivity contribution is 5.84. The summed E-state index contributed by atoms with van der Waals surface area (Å²) in [7, 11) is 0. The van der Waals surface area contributed by atoms with E-state index in [9.17, 15) is 4.79 Å². The zero-order valence-corrected chi connectivity index (χ0v) is 12.5. The Morgan fingerprint density at radius 3 is 2.71 bits per heavy atom. The molecule has 116 valence electrons. The SMILES string of the molecule is CCOCCC1(CNc2cnc(C(=O)O)cn2)CCCC1. The molecule has 6 heteroatoms. The smallest absolute Gasteiger partial charge is 0.356 e. The summed E-state index contributed by atoms with van der Waals surface area (Å²) in [5, 5.41) is 12.1. The average Bonchev–Trinajstić information content (AvgIpc) is 2.95. The average molecular weight is 293 g/mol. The molecule has 2 rings (SSSR count). The van der Waals surface area contributed by atoms with E-state index >= 15 is 0 Å². The maximum absolute atomic E-state index is 10.7. The number of carboxylic acid groups (broad SMARTS) is 1. The number of rotatable bonds is 8. The van der Waals surface area contributed by atoms with Crippen LogP contribution in [0.1, 0.15) is 49.5 Å². The minimum atomic E-state index is -1.06. The van der Waals surface area contributed by atoms with Crippen molar-refractivity contribution in [2.75, 3.05) is 25.1 Å². The van der Waals surface area contributed by atoms with E-state index in [4.69, 9.17) is 9.84 Å². The van der Waals surface area contributed by atoms with Gasteiger partial charge in [0.2, 0.25) is 0 Å². The first-order valence-electron chi connectivity index (χ1n) is 7.52. The van der Waals surface area contributed by atoms with Gasteiger partial charge in [0, 0.05) is 19.8 Å². The van der Waals surface area contributed by atoms with E-state index in [0.29, 0.717) is 5.82 Å². The van der Waals surface area contributed by atoms with Crippen LogP contribution in [0.2, 0.25) is 0 Å². The van der Waals surface area contributed by atoms with Crippen molar-refractivity contribution in [1.29, 1.82) is 0 Å². The fourth-order valence-corrected chi connectivity index (χ4v) is 2.88. The third-order valence-electron chi connectivity index (χ3n) is 4.16. The number of hydrogen-bond donors (Lipinski definition) is 2. The third-order valence-corrected chi connectivity index (χ3v) is 4.16. The van der Waals surface area contributed by atoms with Gasteiger partial charge < -0.3 is 15.2 Å². The molecule has 0 atom stereocenters. The van der Waals surface area contributed by atoms with Gasteiger partial charge in [-0.2, -0.15) is 0 Å². The molecule has 1 aliphatic rings. The molecule has 0 aliphatic heterocycles. The number of aromatic nitrogens is 2. The third kappa shape index (κ3) is 4.39. The topological polar surface area (TPSA) is 84.3 Å². The molecule has 0 saturated heterocycles. The highest BCUT2D eigenvalue weighted by atomic mass is 16.5. The quantitative estimate of drug-likeness (QED) is 0.717. The van der Waals surface area contributed by atoms with Crippen LogP contribution in [-0.4, -0.2) is 40.8 Å². The maximum atomic E-state index is 10.7. The number of anilines is 1. The molecule has 2 N–H and O–H groups in total. The van der Waals surface area contributed by atoms with Gasteiger partial charge in [-0.05, 0) is 31.6 Å². The Bertz CT molecular complexity index is 456.